The number of nitrogens with one attached hydrogen (secondary N) is 1. The van der Waals surface area contributed by atoms with Crippen molar-refractivity contribution in [1.29, 1.82) is 0 Å². The van der Waals surface area contributed by atoms with Gasteiger partial charge in [-0.15, -0.1) is 10.2 Å². The number of benzene rings is 1. The Morgan fingerprint density at radius 1 is 1.10 bits per heavy atom. The van der Waals surface area contributed by atoms with E-state index in [1.807, 2.05) is 0 Å². The lowest BCUT2D eigenvalue weighted by Gasteiger charge is -2.23. The summed E-state index contributed by atoms with van der Waals surface area (Å²) >= 11 is 18.8. The lowest BCUT2D eigenvalue weighted by atomic mass is 10.1. The molecule has 162 valence electrons. The van der Waals surface area contributed by atoms with E-state index in [4.69, 9.17) is 49.0 Å². The molecule has 0 saturated carbocycles. The van der Waals surface area contributed by atoms with Crippen LogP contribution in [0.2, 0.25) is 15.2 Å². The molecule has 4 rings (SSSR count). The number of H-pyrrole nitrogens is 1. The number of aromatic nitrogens is 5. The molecule has 0 radical (unpaired) electrons. The van der Waals surface area contributed by atoms with Crippen LogP contribution in [0.3, 0.4) is 0 Å². The first-order valence-corrected chi connectivity index (χ1v) is 9.98. The number of ether oxygens (including phenoxy) is 3. The van der Waals surface area contributed by atoms with E-state index in [9.17, 15) is 9.59 Å². The standard InChI is InChI=1S/C18H14Cl3N5O5/c1-18(29-3-4-30-18)9-7-12(23-24-15(9)21)31-14-10(19)5-8(6-11(14)20)13-16(27)22-17(28)26(2)25-13/h5-7H,3-4H2,1-2H3,(H,22,27,28). The SMILES string of the molecule is Cn1nc(-c2cc(Cl)c(Oc3cc(C4(C)OCCO4)c(Cl)nn3)c(Cl)c2)c(=O)[nH]c1=O. The van der Waals surface area contributed by atoms with Crippen LogP contribution in [-0.2, 0) is 22.3 Å². The molecule has 1 aliphatic heterocycles. The molecule has 1 fully saturated rings. The van der Waals surface area contributed by atoms with E-state index in [1.165, 1.54) is 25.2 Å². The second kappa shape index (κ2) is 8.21. The zero-order valence-electron chi connectivity index (χ0n) is 16.1. The van der Waals surface area contributed by atoms with Gasteiger partial charge in [0.2, 0.25) is 5.88 Å². The molecular weight excluding hydrogens is 473 g/mol. The Morgan fingerprint density at radius 2 is 1.74 bits per heavy atom. The van der Waals surface area contributed by atoms with Crippen molar-refractivity contribution in [3.63, 3.8) is 0 Å². The first-order chi connectivity index (χ1) is 14.7. The Kier molecular flexibility index (Phi) is 5.75. The number of aromatic amines is 1. The maximum atomic E-state index is 12.1. The topological polar surface area (TPSA) is 121 Å². The molecule has 0 spiro atoms. The Morgan fingerprint density at radius 3 is 2.39 bits per heavy atom. The van der Waals surface area contributed by atoms with Crippen LogP contribution in [0.1, 0.15) is 12.5 Å². The quantitative estimate of drug-likeness (QED) is 0.597. The summed E-state index contributed by atoms with van der Waals surface area (Å²) in [4.78, 5) is 25.8. The molecule has 1 aromatic carbocycles. The molecule has 10 nitrogen and oxygen atoms in total. The van der Waals surface area contributed by atoms with Crippen LogP contribution in [0.25, 0.3) is 11.3 Å². The van der Waals surface area contributed by atoms with Gasteiger partial charge in [0, 0.05) is 18.7 Å². The normalized spacial score (nSPS) is 15.3. The molecule has 3 aromatic rings. The summed E-state index contributed by atoms with van der Waals surface area (Å²) in [6, 6.07) is 4.37. The predicted molar refractivity (Wildman–Crippen MR) is 112 cm³/mol. The number of rotatable bonds is 4. The van der Waals surface area contributed by atoms with E-state index in [0.717, 1.165) is 4.68 Å². The largest absolute Gasteiger partial charge is 0.434 e. The lowest BCUT2D eigenvalue weighted by molar-refractivity contribution is -0.150. The summed E-state index contributed by atoms with van der Waals surface area (Å²) in [6.45, 7) is 2.52. The van der Waals surface area contributed by atoms with E-state index in [-0.39, 0.29) is 32.5 Å². The second-order valence-corrected chi connectivity index (χ2v) is 7.80. The summed E-state index contributed by atoms with van der Waals surface area (Å²) in [6.07, 6.45) is 0. The fourth-order valence-electron chi connectivity index (χ4n) is 2.96. The highest BCUT2D eigenvalue weighted by Gasteiger charge is 2.36. The summed E-state index contributed by atoms with van der Waals surface area (Å²) in [5.74, 6) is -0.956. The van der Waals surface area contributed by atoms with Gasteiger partial charge in [-0.25, -0.2) is 9.48 Å². The minimum Gasteiger partial charge on any atom is -0.434 e. The number of nitrogens with zero attached hydrogens (tertiary/aromatic N) is 4. The van der Waals surface area contributed by atoms with Gasteiger partial charge in [0.25, 0.3) is 5.56 Å². The van der Waals surface area contributed by atoms with Gasteiger partial charge in [-0.1, -0.05) is 34.8 Å². The van der Waals surface area contributed by atoms with Gasteiger partial charge in [-0.3, -0.25) is 9.78 Å². The molecule has 0 amide bonds. The van der Waals surface area contributed by atoms with E-state index in [2.05, 4.69) is 20.3 Å². The van der Waals surface area contributed by atoms with Gasteiger partial charge in [0.05, 0.1) is 28.8 Å². The maximum absolute atomic E-state index is 12.1. The third-order valence-electron chi connectivity index (χ3n) is 4.51. The van der Waals surface area contributed by atoms with Crippen molar-refractivity contribution >= 4 is 34.8 Å². The van der Waals surface area contributed by atoms with Crippen LogP contribution < -0.4 is 16.0 Å². The fourth-order valence-corrected chi connectivity index (χ4v) is 3.79. The molecule has 2 aromatic heterocycles. The third-order valence-corrected chi connectivity index (χ3v) is 5.35. The summed E-state index contributed by atoms with van der Waals surface area (Å²) in [5, 5.41) is 12.0. The highest BCUT2D eigenvalue weighted by atomic mass is 35.5. The van der Waals surface area contributed by atoms with Crippen molar-refractivity contribution in [1.82, 2.24) is 25.0 Å². The molecule has 1 saturated heterocycles. The Hall–Kier alpha value is -2.50. The van der Waals surface area contributed by atoms with Crippen molar-refractivity contribution in [2.75, 3.05) is 13.2 Å². The Labute approximate surface area is 189 Å². The van der Waals surface area contributed by atoms with Crippen molar-refractivity contribution in [3.05, 3.63) is 59.8 Å². The molecule has 0 aliphatic carbocycles. The van der Waals surface area contributed by atoms with Crippen molar-refractivity contribution in [3.8, 4) is 22.9 Å². The average Bonchev–Trinajstić information content (AvgIpc) is 3.16. The second-order valence-electron chi connectivity index (χ2n) is 6.63. The first-order valence-electron chi connectivity index (χ1n) is 8.84. The van der Waals surface area contributed by atoms with E-state index in [0.29, 0.717) is 24.3 Å². The van der Waals surface area contributed by atoms with Crippen molar-refractivity contribution < 1.29 is 14.2 Å². The molecule has 0 atom stereocenters. The van der Waals surface area contributed by atoms with E-state index in [1.54, 1.807) is 6.92 Å². The summed E-state index contributed by atoms with van der Waals surface area (Å²) < 4.78 is 17.9. The van der Waals surface area contributed by atoms with E-state index >= 15 is 0 Å². The molecule has 13 heteroatoms. The lowest BCUT2D eigenvalue weighted by Crippen LogP contribution is -2.31. The van der Waals surface area contributed by atoms with Gasteiger partial charge in [-0.05, 0) is 19.1 Å². The smallest absolute Gasteiger partial charge is 0.344 e. The van der Waals surface area contributed by atoms with Gasteiger partial charge < -0.3 is 14.2 Å². The average molecular weight is 487 g/mol. The van der Waals surface area contributed by atoms with E-state index < -0.39 is 17.0 Å². The molecule has 1 aliphatic rings. The van der Waals surface area contributed by atoms with Crippen LogP contribution in [-0.4, -0.2) is 38.2 Å². The zero-order valence-corrected chi connectivity index (χ0v) is 18.4. The molecule has 0 unspecified atom stereocenters. The molecule has 1 N–H and O–H groups in total. The molecule has 31 heavy (non-hydrogen) atoms. The summed E-state index contributed by atoms with van der Waals surface area (Å²) in [7, 11) is 1.40. The van der Waals surface area contributed by atoms with Crippen LogP contribution in [0.4, 0.5) is 0 Å². The monoisotopic (exact) mass is 485 g/mol. The minimum atomic E-state index is -1.08. The highest BCUT2D eigenvalue weighted by Crippen LogP contribution is 2.40. The van der Waals surface area contributed by atoms with Crippen LogP contribution >= 0.6 is 34.8 Å². The summed E-state index contributed by atoms with van der Waals surface area (Å²) in [5.41, 5.74) is -0.632. The predicted octanol–water partition coefficient (Wildman–Crippen LogP) is 2.90. The fraction of sp³-hybridized carbons (Fsp3) is 0.278. The maximum Gasteiger partial charge on any atom is 0.344 e. The molecular formula is C18H14Cl3N5O5. The molecule has 0 bridgehead atoms. The Balaban J connectivity index is 1.70. The van der Waals surface area contributed by atoms with Crippen LogP contribution in [0.15, 0.2) is 27.8 Å². The van der Waals surface area contributed by atoms with Gasteiger partial charge in [0.15, 0.2) is 22.4 Å². The van der Waals surface area contributed by atoms with Crippen LogP contribution in [0, 0.1) is 0 Å². The van der Waals surface area contributed by atoms with Crippen LogP contribution in [0.5, 0.6) is 11.6 Å². The number of hydrogen-bond donors (Lipinski definition) is 1. The third kappa shape index (κ3) is 4.17. The van der Waals surface area contributed by atoms with Gasteiger partial charge in [0.1, 0.15) is 0 Å². The zero-order chi connectivity index (χ0) is 22.3. The number of halogens is 3. The van der Waals surface area contributed by atoms with Crippen molar-refractivity contribution in [2.24, 2.45) is 7.05 Å². The minimum absolute atomic E-state index is 0.0329. The van der Waals surface area contributed by atoms with Gasteiger partial charge in [-0.2, -0.15) is 5.10 Å². The Bertz CT molecular complexity index is 1260. The van der Waals surface area contributed by atoms with Gasteiger partial charge >= 0.3 is 5.69 Å². The van der Waals surface area contributed by atoms with Crippen molar-refractivity contribution in [2.45, 2.75) is 12.7 Å². The number of aryl methyl sites for hydroxylation is 1. The molecule has 3 heterocycles. The first kappa shape index (κ1) is 21.7. The highest BCUT2D eigenvalue weighted by molar-refractivity contribution is 6.37. The number of hydrogen-bond acceptors (Lipinski definition) is 8.